The van der Waals surface area contributed by atoms with Crippen LogP contribution in [0.1, 0.15) is 40.4 Å². The van der Waals surface area contributed by atoms with Gasteiger partial charge >= 0.3 is 0 Å². The molecule has 2 aromatic rings. The van der Waals surface area contributed by atoms with Crippen LogP contribution in [0.3, 0.4) is 0 Å². The molecule has 4 aliphatic rings. The van der Waals surface area contributed by atoms with Crippen molar-refractivity contribution < 1.29 is 14.1 Å². The minimum Gasteiger partial charge on any atom is -0.496 e. The Bertz CT molecular complexity index is 856. The van der Waals surface area contributed by atoms with Crippen molar-refractivity contribution in [1.82, 2.24) is 15.0 Å². The molecule has 1 aromatic carbocycles. The molecule has 0 saturated carbocycles. The van der Waals surface area contributed by atoms with Crippen LogP contribution in [-0.4, -0.2) is 59.7 Å². The van der Waals surface area contributed by atoms with Gasteiger partial charge in [0.2, 0.25) is 0 Å². The number of piperidine rings is 3. The van der Waals surface area contributed by atoms with Crippen LogP contribution in [0.2, 0.25) is 0 Å². The second-order valence-corrected chi connectivity index (χ2v) is 7.96. The number of methoxy groups -OCH3 is 1. The van der Waals surface area contributed by atoms with Crippen molar-refractivity contribution in [3.05, 3.63) is 47.3 Å². The van der Waals surface area contributed by atoms with Crippen molar-refractivity contribution in [3.8, 4) is 5.75 Å². The molecule has 6 rings (SSSR count). The normalized spacial score (nSPS) is 31.8. The van der Waals surface area contributed by atoms with Gasteiger partial charge in [0, 0.05) is 24.1 Å². The summed E-state index contributed by atoms with van der Waals surface area (Å²) in [6.07, 6.45) is 3.91. The van der Waals surface area contributed by atoms with E-state index in [1.54, 1.807) is 13.3 Å². The molecule has 0 N–H and O–H groups in total. The van der Waals surface area contributed by atoms with Crippen LogP contribution >= 0.6 is 0 Å². The zero-order chi connectivity index (χ0) is 18.5. The van der Waals surface area contributed by atoms with Crippen LogP contribution in [-0.2, 0) is 0 Å². The number of rotatable bonds is 3. The van der Waals surface area contributed by atoms with Gasteiger partial charge in [0.05, 0.1) is 19.3 Å². The molecular weight excluding hydrogens is 342 g/mol. The maximum Gasteiger partial charge on any atom is 0.259 e. The molecule has 1 amide bonds. The third-order valence-corrected chi connectivity index (χ3v) is 6.77. The van der Waals surface area contributed by atoms with Crippen LogP contribution in [0.4, 0.5) is 0 Å². The zero-order valence-corrected chi connectivity index (χ0v) is 15.8. The van der Waals surface area contributed by atoms with Gasteiger partial charge in [0.25, 0.3) is 5.91 Å². The molecule has 4 fully saturated rings. The Balaban J connectivity index is 1.56. The Hall–Kier alpha value is -2.34. The number of aryl methyl sites for hydroxylation is 1. The zero-order valence-electron chi connectivity index (χ0n) is 15.8. The fraction of sp³-hybridized carbons (Fsp3) is 0.524. The van der Waals surface area contributed by atoms with E-state index in [1.165, 1.54) is 18.4 Å². The van der Waals surface area contributed by atoms with Crippen molar-refractivity contribution >= 4 is 5.91 Å². The number of nitrogens with zero attached hydrogens (tertiary/aromatic N) is 3. The van der Waals surface area contributed by atoms with Gasteiger partial charge in [0.1, 0.15) is 17.1 Å². The molecular formula is C21H25N3O3. The van der Waals surface area contributed by atoms with Gasteiger partial charge < -0.3 is 14.2 Å². The lowest BCUT2D eigenvalue weighted by molar-refractivity contribution is -0.00355. The van der Waals surface area contributed by atoms with Crippen LogP contribution in [0.25, 0.3) is 0 Å². The molecule has 142 valence electrons. The van der Waals surface area contributed by atoms with Crippen LogP contribution < -0.4 is 4.74 Å². The molecule has 4 saturated heterocycles. The Labute approximate surface area is 159 Å². The highest BCUT2D eigenvalue weighted by atomic mass is 16.5. The highest BCUT2D eigenvalue weighted by Crippen LogP contribution is 2.48. The molecule has 2 bridgehead atoms. The van der Waals surface area contributed by atoms with Crippen LogP contribution in [0.5, 0.6) is 5.75 Å². The van der Waals surface area contributed by atoms with Crippen molar-refractivity contribution in [2.24, 2.45) is 5.92 Å². The lowest BCUT2D eigenvalue weighted by Crippen LogP contribution is -2.60. The largest absolute Gasteiger partial charge is 0.496 e. The summed E-state index contributed by atoms with van der Waals surface area (Å²) in [5.41, 5.74) is 1.80. The number of ether oxygens (including phenoxy) is 1. The number of hydrogen-bond acceptors (Lipinski definition) is 5. The molecule has 0 radical (unpaired) electrons. The maximum absolute atomic E-state index is 13.4. The highest BCUT2D eigenvalue weighted by Gasteiger charge is 2.55. The lowest BCUT2D eigenvalue weighted by Gasteiger charge is -2.51. The average molecular weight is 367 g/mol. The Morgan fingerprint density at radius 1 is 1.22 bits per heavy atom. The molecule has 1 aromatic heterocycles. The molecule has 6 heteroatoms. The predicted octanol–water partition coefficient (Wildman–Crippen LogP) is 2.69. The highest BCUT2D eigenvalue weighted by molar-refractivity contribution is 5.95. The first kappa shape index (κ1) is 16.8. The van der Waals surface area contributed by atoms with Crippen LogP contribution in [0.15, 0.2) is 35.0 Å². The number of carbonyl (C=O) groups excluding carboxylic acids is 1. The number of amides is 1. The maximum atomic E-state index is 13.4. The number of para-hydroxylation sites is 1. The molecule has 6 nitrogen and oxygen atoms in total. The van der Waals surface area contributed by atoms with Gasteiger partial charge in [-0.2, -0.15) is 0 Å². The first-order valence-corrected chi connectivity index (χ1v) is 9.78. The van der Waals surface area contributed by atoms with Gasteiger partial charge in [-0.1, -0.05) is 23.4 Å². The van der Waals surface area contributed by atoms with Gasteiger partial charge in [-0.15, -0.1) is 0 Å². The fourth-order valence-electron chi connectivity index (χ4n) is 5.56. The minimum absolute atomic E-state index is 0.0508. The molecule has 0 unspecified atom stereocenters. The Morgan fingerprint density at radius 2 is 2.00 bits per heavy atom. The first-order valence-electron chi connectivity index (χ1n) is 9.78. The van der Waals surface area contributed by atoms with Crippen molar-refractivity contribution in [2.45, 2.75) is 37.8 Å². The van der Waals surface area contributed by atoms with E-state index in [0.717, 1.165) is 18.8 Å². The van der Waals surface area contributed by atoms with Crippen molar-refractivity contribution in [2.75, 3.05) is 26.7 Å². The van der Waals surface area contributed by atoms with Gasteiger partial charge in [-0.3, -0.25) is 9.69 Å². The molecule has 4 aliphatic heterocycles. The second-order valence-electron chi connectivity index (χ2n) is 7.96. The van der Waals surface area contributed by atoms with Gasteiger partial charge in [0.15, 0.2) is 0 Å². The Kier molecular flexibility index (Phi) is 3.97. The summed E-state index contributed by atoms with van der Waals surface area (Å²) < 4.78 is 10.8. The van der Waals surface area contributed by atoms with Gasteiger partial charge in [-0.05, 0) is 44.8 Å². The summed E-state index contributed by atoms with van der Waals surface area (Å²) in [4.78, 5) is 18.1. The van der Waals surface area contributed by atoms with Crippen molar-refractivity contribution in [3.63, 3.8) is 0 Å². The standard InChI is InChI=1S/C21H25N3O3/c1-13-16(11-22-27-13)21(25)24-12-17(15-5-3-4-6-18(15)26-2)20-19(24)14-7-9-23(20)10-8-14/h3-6,11,14,17,19-20H,7-10,12H2,1-2H3/t17-,19-,20-/m1/s1. The number of hydrogen-bond donors (Lipinski definition) is 0. The van der Waals surface area contributed by atoms with E-state index < -0.39 is 0 Å². The molecule has 0 spiro atoms. The third-order valence-electron chi connectivity index (χ3n) is 6.77. The Morgan fingerprint density at radius 3 is 2.70 bits per heavy atom. The summed E-state index contributed by atoms with van der Waals surface area (Å²) in [6, 6.07) is 8.86. The summed E-state index contributed by atoms with van der Waals surface area (Å²) in [5.74, 6) is 2.40. The number of aromatic nitrogens is 1. The lowest BCUT2D eigenvalue weighted by atomic mass is 9.75. The molecule has 5 heterocycles. The average Bonchev–Trinajstić information content (AvgIpc) is 3.33. The van der Waals surface area contributed by atoms with E-state index in [9.17, 15) is 4.79 Å². The number of fused-ring (bicyclic) bond motifs is 2. The summed E-state index contributed by atoms with van der Waals surface area (Å²) >= 11 is 0. The van der Waals surface area contributed by atoms with E-state index in [1.807, 2.05) is 19.1 Å². The van der Waals surface area contributed by atoms with Crippen molar-refractivity contribution in [1.29, 1.82) is 0 Å². The number of likely N-dealkylation sites (tertiary alicyclic amines) is 1. The predicted molar refractivity (Wildman–Crippen MR) is 99.9 cm³/mol. The molecule has 27 heavy (non-hydrogen) atoms. The monoisotopic (exact) mass is 367 g/mol. The molecule has 3 atom stereocenters. The quantitative estimate of drug-likeness (QED) is 0.835. The van der Waals surface area contributed by atoms with E-state index in [0.29, 0.717) is 29.8 Å². The minimum atomic E-state index is 0.0508. The fourth-order valence-corrected chi connectivity index (χ4v) is 5.56. The summed E-state index contributed by atoms with van der Waals surface area (Å²) in [5, 5.41) is 3.82. The van der Waals surface area contributed by atoms with E-state index >= 15 is 0 Å². The topological polar surface area (TPSA) is 58.8 Å². The summed E-state index contributed by atoms with van der Waals surface area (Å²) in [7, 11) is 1.72. The number of carbonyl (C=O) groups is 1. The smallest absolute Gasteiger partial charge is 0.259 e. The number of benzene rings is 1. The molecule has 0 aliphatic carbocycles. The van der Waals surface area contributed by atoms with E-state index in [4.69, 9.17) is 9.26 Å². The van der Waals surface area contributed by atoms with E-state index in [2.05, 4.69) is 27.1 Å². The SMILES string of the molecule is COc1ccccc1[C@H]1CN(C(=O)c2cnoc2C)[C@@H]2C3CCN(CC3)[C@H]12. The van der Waals surface area contributed by atoms with Gasteiger partial charge in [-0.25, -0.2) is 0 Å². The first-order chi connectivity index (χ1) is 13.2. The third kappa shape index (κ3) is 2.50. The van der Waals surface area contributed by atoms with Crippen LogP contribution in [0, 0.1) is 12.8 Å². The summed E-state index contributed by atoms with van der Waals surface area (Å²) in [6.45, 7) is 4.78. The second kappa shape index (κ2) is 6.37. The van der Waals surface area contributed by atoms with E-state index in [-0.39, 0.29) is 17.9 Å².